The number of carboxylic acids is 1. The van der Waals surface area contributed by atoms with Crippen LogP contribution in [0.3, 0.4) is 0 Å². The third-order valence-corrected chi connectivity index (χ3v) is 8.75. The van der Waals surface area contributed by atoms with Crippen LogP contribution >= 0.6 is 23.5 Å². The van der Waals surface area contributed by atoms with E-state index in [9.17, 15) is 24.6 Å². The normalized spacial score (nSPS) is 15.8. The summed E-state index contributed by atoms with van der Waals surface area (Å²) in [6.07, 6.45) is 3.06. The summed E-state index contributed by atoms with van der Waals surface area (Å²) in [5.74, 6) is -1.86. The number of phenolic OH excluding ortho intramolecular Hbond substituents is 1. The molecule has 0 aliphatic carbocycles. The first kappa shape index (κ1) is 30.1. The predicted octanol–water partition coefficient (Wildman–Crippen LogP) is 4.98. The molecule has 0 spiro atoms. The number of aliphatic carboxylic acids is 1. The first-order chi connectivity index (χ1) is 19.8. The van der Waals surface area contributed by atoms with Gasteiger partial charge >= 0.3 is 5.97 Å². The van der Waals surface area contributed by atoms with Crippen molar-refractivity contribution in [2.24, 2.45) is 0 Å². The predicted molar refractivity (Wildman–Crippen MR) is 161 cm³/mol. The van der Waals surface area contributed by atoms with Crippen molar-refractivity contribution in [3.63, 3.8) is 0 Å². The van der Waals surface area contributed by atoms with E-state index in [0.29, 0.717) is 11.3 Å². The van der Waals surface area contributed by atoms with E-state index in [0.717, 1.165) is 28.4 Å². The fraction of sp³-hybridized carbons (Fsp3) is 0.300. The van der Waals surface area contributed by atoms with E-state index in [1.165, 1.54) is 41.6 Å². The molecule has 11 heteroatoms. The molecule has 216 valence electrons. The first-order valence-electron chi connectivity index (χ1n) is 13.2. The lowest BCUT2D eigenvalue weighted by molar-refractivity contribution is -0.142. The average molecular weight is 596 g/mol. The van der Waals surface area contributed by atoms with Crippen LogP contribution in [0.15, 0.2) is 76.5 Å². The monoisotopic (exact) mass is 595 g/mol. The maximum absolute atomic E-state index is 13.0. The van der Waals surface area contributed by atoms with Gasteiger partial charge in [0, 0.05) is 22.4 Å². The Morgan fingerprint density at radius 2 is 1.83 bits per heavy atom. The molecule has 5 N–H and O–H groups in total. The third kappa shape index (κ3) is 7.89. The Morgan fingerprint density at radius 3 is 2.49 bits per heavy atom. The van der Waals surface area contributed by atoms with Crippen LogP contribution in [0, 0.1) is 0 Å². The third-order valence-electron chi connectivity index (χ3n) is 6.60. The zero-order valence-electron chi connectivity index (χ0n) is 22.8. The lowest BCUT2D eigenvalue weighted by Gasteiger charge is -2.22. The van der Waals surface area contributed by atoms with E-state index in [1.807, 2.05) is 36.6 Å². The highest BCUT2D eigenvalue weighted by molar-refractivity contribution is 7.99. The molecule has 1 unspecified atom stereocenters. The molecule has 0 bridgehead atoms. The van der Waals surface area contributed by atoms with Gasteiger partial charge in [-0.05, 0) is 54.5 Å². The number of thioether (sulfide) groups is 2. The molecular formula is C30H33N3O6S2. The largest absolute Gasteiger partial charge is 0.508 e. The van der Waals surface area contributed by atoms with Crippen LogP contribution < -0.4 is 20.7 Å². The molecule has 0 fully saturated rings. The highest BCUT2D eigenvalue weighted by atomic mass is 32.2. The number of amides is 2. The van der Waals surface area contributed by atoms with E-state index in [1.54, 1.807) is 18.7 Å². The van der Waals surface area contributed by atoms with Gasteiger partial charge in [0.1, 0.15) is 23.6 Å². The van der Waals surface area contributed by atoms with Crippen LogP contribution in [-0.4, -0.2) is 53.4 Å². The van der Waals surface area contributed by atoms with E-state index in [-0.39, 0.29) is 24.0 Å². The summed E-state index contributed by atoms with van der Waals surface area (Å²) in [6, 6.07) is 17.8. The topological polar surface area (TPSA) is 137 Å². The Balaban J connectivity index is 1.50. The van der Waals surface area contributed by atoms with Crippen molar-refractivity contribution in [2.45, 2.75) is 46.9 Å². The van der Waals surface area contributed by atoms with Gasteiger partial charge in [0.15, 0.2) is 6.61 Å². The van der Waals surface area contributed by atoms with Crippen LogP contribution in [0.4, 0.5) is 5.69 Å². The molecule has 4 rings (SSSR count). The van der Waals surface area contributed by atoms with E-state index in [4.69, 9.17) is 4.74 Å². The Labute approximate surface area is 247 Å². The maximum Gasteiger partial charge on any atom is 0.326 e. The molecule has 0 saturated heterocycles. The van der Waals surface area contributed by atoms with Gasteiger partial charge in [-0.3, -0.25) is 9.59 Å². The zero-order valence-corrected chi connectivity index (χ0v) is 24.4. The van der Waals surface area contributed by atoms with Crippen LogP contribution in [0.1, 0.15) is 42.2 Å². The molecule has 2 amide bonds. The molecule has 9 nitrogen and oxygen atoms in total. The quantitative estimate of drug-likeness (QED) is 0.194. The summed E-state index contributed by atoms with van der Waals surface area (Å²) in [6.45, 7) is 2.11. The van der Waals surface area contributed by atoms with E-state index >= 15 is 0 Å². The summed E-state index contributed by atoms with van der Waals surface area (Å²) in [4.78, 5) is 39.4. The van der Waals surface area contributed by atoms with E-state index < -0.39 is 29.9 Å². The number of benzene rings is 3. The molecule has 3 atom stereocenters. The first-order valence-corrected chi connectivity index (χ1v) is 15.3. The van der Waals surface area contributed by atoms with Crippen LogP contribution in [0.2, 0.25) is 0 Å². The summed E-state index contributed by atoms with van der Waals surface area (Å²) in [5, 5.41) is 27.9. The van der Waals surface area contributed by atoms with Crippen molar-refractivity contribution in [1.82, 2.24) is 10.6 Å². The van der Waals surface area contributed by atoms with Gasteiger partial charge in [0.05, 0.1) is 4.90 Å². The number of rotatable bonds is 11. The van der Waals surface area contributed by atoms with Crippen molar-refractivity contribution in [3.8, 4) is 11.5 Å². The number of hydrogen-bond acceptors (Lipinski definition) is 8. The fourth-order valence-corrected chi connectivity index (χ4v) is 6.23. The minimum Gasteiger partial charge on any atom is -0.508 e. The van der Waals surface area contributed by atoms with Gasteiger partial charge in [-0.1, -0.05) is 49.4 Å². The van der Waals surface area contributed by atoms with Crippen LogP contribution in [0.5, 0.6) is 11.5 Å². The summed E-state index contributed by atoms with van der Waals surface area (Å²) in [5.41, 5.74) is 2.65. The Hall–Kier alpha value is -3.83. The number of ether oxygens (including phenoxy) is 1. The molecular weight excluding hydrogens is 562 g/mol. The van der Waals surface area contributed by atoms with Crippen molar-refractivity contribution in [1.29, 1.82) is 0 Å². The van der Waals surface area contributed by atoms with Crippen molar-refractivity contribution in [3.05, 3.63) is 77.9 Å². The number of carboxylic acid groups (broad SMARTS) is 1. The lowest BCUT2D eigenvalue weighted by atomic mass is 10.0. The number of nitrogens with one attached hydrogen (secondary N) is 3. The Morgan fingerprint density at radius 1 is 1.10 bits per heavy atom. The molecule has 41 heavy (non-hydrogen) atoms. The molecule has 3 aromatic carbocycles. The van der Waals surface area contributed by atoms with E-state index in [2.05, 4.69) is 28.1 Å². The number of aromatic hydroxyl groups is 1. The highest BCUT2D eigenvalue weighted by Gasteiger charge is 2.28. The number of anilines is 1. The number of carbonyl (C=O) groups excluding carboxylic acids is 2. The maximum atomic E-state index is 13.0. The molecule has 3 aromatic rings. The van der Waals surface area contributed by atoms with Crippen molar-refractivity contribution >= 4 is 47.0 Å². The van der Waals surface area contributed by atoms with Crippen molar-refractivity contribution in [2.75, 3.05) is 24.7 Å². The second kappa shape index (κ2) is 14.2. The van der Waals surface area contributed by atoms with Gasteiger partial charge in [0.25, 0.3) is 5.91 Å². The molecule has 1 heterocycles. The second-order valence-corrected chi connectivity index (χ2v) is 11.5. The minimum atomic E-state index is -1.18. The summed E-state index contributed by atoms with van der Waals surface area (Å²) in [7, 11) is 0. The zero-order chi connectivity index (χ0) is 29.4. The van der Waals surface area contributed by atoms with Crippen LogP contribution in [-0.2, 0) is 14.4 Å². The highest BCUT2D eigenvalue weighted by Crippen LogP contribution is 2.46. The number of fused-ring (bicyclic) bond motifs is 1. The smallest absolute Gasteiger partial charge is 0.326 e. The second-order valence-electron chi connectivity index (χ2n) is 9.42. The van der Waals surface area contributed by atoms with Crippen molar-refractivity contribution < 1.29 is 29.3 Å². The standard InChI is InChI=1S/C30H33N3O6S2/c1-3-21(30(37)38)32-29(36)28(19-9-11-20(34)12-10-19)33-27(35)17-39-23-16-25-22(15-26(23)40-2)31-14-13-24(41-25)18-7-5-4-6-8-18/h4-12,15-16,21,24,28,31,34H,3,13-14,17H2,1-2H3,(H,32,36)(H,33,35)(H,37,38)/t21-,24?,28+/m0/s1. The van der Waals surface area contributed by atoms with Gasteiger partial charge in [-0.2, -0.15) is 0 Å². The molecule has 0 aromatic heterocycles. The molecule has 0 saturated carbocycles. The fourth-order valence-electron chi connectivity index (χ4n) is 4.41. The van der Waals surface area contributed by atoms with Gasteiger partial charge in [0.2, 0.25) is 5.91 Å². The number of phenols is 1. The van der Waals surface area contributed by atoms with Crippen LogP contribution in [0.25, 0.3) is 0 Å². The summed E-state index contributed by atoms with van der Waals surface area (Å²) >= 11 is 3.25. The van der Waals surface area contributed by atoms with Gasteiger partial charge in [-0.15, -0.1) is 23.5 Å². The van der Waals surface area contributed by atoms with Gasteiger partial charge in [-0.25, -0.2) is 4.79 Å². The molecule has 1 aliphatic heterocycles. The molecule has 0 radical (unpaired) electrons. The molecule has 1 aliphatic rings. The number of hydrogen-bond donors (Lipinski definition) is 5. The minimum absolute atomic E-state index is 0.00536. The average Bonchev–Trinajstić information content (AvgIpc) is 3.19. The lowest BCUT2D eigenvalue weighted by Crippen LogP contribution is -2.47. The Bertz CT molecular complexity index is 1370. The number of carbonyl (C=O) groups is 3. The Kier molecular flexibility index (Phi) is 10.4. The SMILES string of the molecule is CC[C@H](NC(=O)[C@H](NC(=O)COc1cc2c(cc1SC)NCCC(c1ccccc1)S2)c1ccc(O)cc1)C(=O)O. The van der Waals surface area contributed by atoms with Gasteiger partial charge < -0.3 is 30.9 Å². The summed E-state index contributed by atoms with van der Waals surface area (Å²) < 4.78 is 5.97.